The average Bonchev–Trinajstić information content (AvgIpc) is 3.08. The molecule has 4 nitrogen and oxygen atoms in total. The number of methoxy groups -OCH3 is 1. The number of imide groups is 1. The summed E-state index contributed by atoms with van der Waals surface area (Å²) in [6.45, 7) is 0. The minimum absolute atomic E-state index is 0.358. The van der Waals surface area contributed by atoms with Crippen LogP contribution in [-0.4, -0.2) is 18.9 Å². The van der Waals surface area contributed by atoms with Crippen LogP contribution in [0.3, 0.4) is 0 Å². The molecule has 7 rings (SSSR count). The summed E-state index contributed by atoms with van der Waals surface area (Å²) < 4.78 is 5.44. The van der Waals surface area contributed by atoms with E-state index in [0.29, 0.717) is 11.4 Å². The number of carbonyl (C=O) groups is 2. The summed E-state index contributed by atoms with van der Waals surface area (Å²) in [5.74, 6) is -1.92. The van der Waals surface area contributed by atoms with Crippen molar-refractivity contribution in [1.82, 2.24) is 0 Å². The summed E-state index contributed by atoms with van der Waals surface area (Å²) in [5.41, 5.74) is 3.55. The molecule has 0 N–H and O–H groups in total. The zero-order chi connectivity index (χ0) is 21.5. The van der Waals surface area contributed by atoms with Crippen LogP contribution in [0.2, 0.25) is 0 Å². The zero-order valence-electron chi connectivity index (χ0n) is 16.5. The van der Waals surface area contributed by atoms with Crippen molar-refractivity contribution < 1.29 is 14.3 Å². The highest BCUT2D eigenvalue weighted by Gasteiger charge is 2.73. The van der Waals surface area contributed by atoms with Crippen LogP contribution in [0.4, 0.5) is 5.69 Å². The van der Waals surface area contributed by atoms with Gasteiger partial charge in [0.2, 0.25) is 11.8 Å². The maximum absolute atomic E-state index is 13.9. The molecule has 1 aliphatic heterocycles. The molecule has 2 atom stereocenters. The fourth-order valence-corrected chi connectivity index (χ4v) is 6.82. The molecule has 0 spiro atoms. The molecular formula is C25H17Cl2NO3. The molecule has 154 valence electrons. The van der Waals surface area contributed by atoms with E-state index in [2.05, 4.69) is 0 Å². The number of amides is 2. The fraction of sp³-hybridized carbons (Fsp3) is 0.200. The Hall–Kier alpha value is -2.82. The SMILES string of the molecule is COc1ccccc1N1C(=O)[C@@H]2[C@@H](C1=O)C1(Cl)c3ccccc3C2(Cl)c2ccccc21. The third kappa shape index (κ3) is 2.03. The molecule has 0 unspecified atom stereocenters. The first kappa shape index (κ1) is 18.9. The summed E-state index contributed by atoms with van der Waals surface area (Å²) in [6.07, 6.45) is 0. The smallest absolute Gasteiger partial charge is 0.240 e. The molecule has 1 fully saturated rings. The Kier molecular flexibility index (Phi) is 3.73. The van der Waals surface area contributed by atoms with E-state index in [1.807, 2.05) is 48.5 Å². The lowest BCUT2D eigenvalue weighted by Crippen LogP contribution is -2.57. The second kappa shape index (κ2) is 6.12. The number of hydrogen-bond acceptors (Lipinski definition) is 3. The van der Waals surface area contributed by atoms with Crippen molar-refractivity contribution in [3.63, 3.8) is 0 Å². The maximum Gasteiger partial charge on any atom is 0.240 e. The summed E-state index contributed by atoms with van der Waals surface area (Å²) in [6, 6.07) is 22.2. The maximum atomic E-state index is 13.9. The lowest BCUT2D eigenvalue weighted by molar-refractivity contribution is -0.122. The molecule has 31 heavy (non-hydrogen) atoms. The number of hydrogen-bond donors (Lipinski definition) is 0. The van der Waals surface area contributed by atoms with Gasteiger partial charge in [0.15, 0.2) is 0 Å². The van der Waals surface area contributed by atoms with Crippen molar-refractivity contribution in [3.8, 4) is 5.75 Å². The van der Waals surface area contributed by atoms with Gasteiger partial charge in [-0.2, -0.15) is 0 Å². The summed E-state index contributed by atoms with van der Waals surface area (Å²) in [7, 11) is 1.51. The van der Waals surface area contributed by atoms with Gasteiger partial charge in [0, 0.05) is 0 Å². The number of rotatable bonds is 2. The molecule has 3 aromatic carbocycles. The molecular weight excluding hydrogens is 433 g/mol. The number of benzene rings is 3. The minimum Gasteiger partial charge on any atom is -0.495 e. The number of anilines is 1. The van der Waals surface area contributed by atoms with E-state index in [1.54, 1.807) is 24.3 Å². The van der Waals surface area contributed by atoms with Crippen LogP contribution < -0.4 is 9.64 Å². The van der Waals surface area contributed by atoms with E-state index < -0.39 is 21.6 Å². The third-order valence-corrected chi connectivity index (χ3v) is 8.20. The number of carbonyl (C=O) groups excluding carboxylic acids is 2. The molecule has 1 heterocycles. The molecule has 0 aromatic heterocycles. The van der Waals surface area contributed by atoms with E-state index >= 15 is 0 Å². The van der Waals surface area contributed by atoms with Crippen LogP contribution in [0.5, 0.6) is 5.75 Å². The van der Waals surface area contributed by atoms with Gasteiger partial charge < -0.3 is 4.74 Å². The standard InChI is InChI=1S/C25H17Cl2NO3/c1-31-19-13-7-6-12-18(19)28-22(29)20-21(23(28)30)25(27)15-9-3-2-8-14(15)24(20,26)16-10-4-5-11-17(16)25/h2-13,20-21H,1H3/t20-,21-,24?,25?/m0/s1. The monoisotopic (exact) mass is 449 g/mol. The molecule has 6 heteroatoms. The Morgan fingerprint density at radius 1 is 0.710 bits per heavy atom. The first-order chi connectivity index (χ1) is 15.0. The van der Waals surface area contributed by atoms with Crippen LogP contribution in [0.1, 0.15) is 22.3 Å². The lowest BCUT2D eigenvalue weighted by Gasteiger charge is -2.54. The highest BCUT2D eigenvalue weighted by Crippen LogP contribution is 2.69. The largest absolute Gasteiger partial charge is 0.495 e. The van der Waals surface area contributed by atoms with Gasteiger partial charge in [0.1, 0.15) is 15.5 Å². The first-order valence-electron chi connectivity index (χ1n) is 10.0. The van der Waals surface area contributed by atoms with Gasteiger partial charge >= 0.3 is 0 Å². The summed E-state index contributed by atoms with van der Waals surface area (Å²) >= 11 is 14.8. The van der Waals surface area contributed by atoms with Crippen LogP contribution in [0.25, 0.3) is 0 Å². The number of ether oxygens (including phenoxy) is 1. The van der Waals surface area contributed by atoms with E-state index in [1.165, 1.54) is 12.0 Å². The number of alkyl halides is 2. The molecule has 4 aliphatic rings. The second-order valence-electron chi connectivity index (χ2n) is 8.15. The van der Waals surface area contributed by atoms with E-state index in [9.17, 15) is 9.59 Å². The van der Waals surface area contributed by atoms with Crippen molar-refractivity contribution in [3.05, 3.63) is 95.1 Å². The summed E-state index contributed by atoms with van der Waals surface area (Å²) in [4.78, 5) is 26.6. The predicted molar refractivity (Wildman–Crippen MR) is 119 cm³/mol. The lowest BCUT2D eigenvalue weighted by atomic mass is 9.54. The zero-order valence-corrected chi connectivity index (χ0v) is 18.0. The summed E-state index contributed by atoms with van der Waals surface area (Å²) in [5, 5.41) is 0. The van der Waals surface area contributed by atoms with Crippen molar-refractivity contribution in [1.29, 1.82) is 0 Å². The molecule has 0 saturated carbocycles. The van der Waals surface area contributed by atoms with Gasteiger partial charge in [-0.15, -0.1) is 23.2 Å². The molecule has 1 saturated heterocycles. The van der Waals surface area contributed by atoms with Crippen molar-refractivity contribution in [2.45, 2.75) is 9.75 Å². The van der Waals surface area contributed by atoms with E-state index in [0.717, 1.165) is 22.3 Å². The highest BCUT2D eigenvalue weighted by atomic mass is 35.5. The van der Waals surface area contributed by atoms with Gasteiger partial charge in [-0.1, -0.05) is 60.7 Å². The van der Waals surface area contributed by atoms with Crippen molar-refractivity contribution in [2.75, 3.05) is 12.0 Å². The predicted octanol–water partition coefficient (Wildman–Crippen LogP) is 4.79. The Balaban J connectivity index is 1.66. The van der Waals surface area contributed by atoms with E-state index in [4.69, 9.17) is 27.9 Å². The molecule has 3 aromatic rings. The van der Waals surface area contributed by atoms with Crippen LogP contribution in [-0.2, 0) is 19.3 Å². The molecule has 2 amide bonds. The topological polar surface area (TPSA) is 46.6 Å². The first-order valence-corrected chi connectivity index (χ1v) is 10.8. The Labute approximate surface area is 189 Å². The normalized spacial score (nSPS) is 30.1. The number of para-hydroxylation sites is 2. The van der Waals surface area contributed by atoms with Crippen LogP contribution in [0, 0.1) is 11.8 Å². The second-order valence-corrected chi connectivity index (χ2v) is 9.35. The Morgan fingerprint density at radius 3 is 1.52 bits per heavy atom. The number of halogens is 2. The third-order valence-electron chi connectivity index (χ3n) is 6.91. The van der Waals surface area contributed by atoms with Gasteiger partial charge in [-0.25, -0.2) is 4.90 Å². The van der Waals surface area contributed by atoms with Gasteiger partial charge in [-0.3, -0.25) is 9.59 Å². The fourth-order valence-electron chi connectivity index (χ4n) is 5.72. The quantitative estimate of drug-likeness (QED) is 0.417. The molecule has 2 bridgehead atoms. The van der Waals surface area contributed by atoms with Gasteiger partial charge in [-0.05, 0) is 34.4 Å². The average molecular weight is 450 g/mol. The Bertz CT molecular complexity index is 1170. The molecule has 3 aliphatic carbocycles. The van der Waals surface area contributed by atoms with Crippen LogP contribution in [0.15, 0.2) is 72.8 Å². The minimum atomic E-state index is -1.18. The van der Waals surface area contributed by atoms with Gasteiger partial charge in [0.05, 0.1) is 24.6 Å². The Morgan fingerprint density at radius 2 is 1.10 bits per heavy atom. The highest BCUT2D eigenvalue weighted by molar-refractivity contribution is 6.38. The van der Waals surface area contributed by atoms with E-state index in [-0.39, 0.29) is 11.8 Å². The van der Waals surface area contributed by atoms with Crippen LogP contribution >= 0.6 is 23.2 Å². The van der Waals surface area contributed by atoms with Gasteiger partial charge in [0.25, 0.3) is 0 Å². The molecule has 0 radical (unpaired) electrons. The van der Waals surface area contributed by atoms with Crippen molar-refractivity contribution >= 4 is 40.7 Å². The van der Waals surface area contributed by atoms with Crippen molar-refractivity contribution in [2.24, 2.45) is 11.8 Å². The number of nitrogens with zero attached hydrogens (tertiary/aromatic N) is 1.